The number of hydrogen-bond donors (Lipinski definition) is 3. The fraction of sp³-hybridized carbons (Fsp3) is 0.583. The predicted octanol–water partition coefficient (Wildman–Crippen LogP) is 0.379. The van der Waals surface area contributed by atoms with Crippen molar-refractivity contribution in [1.82, 2.24) is 19.5 Å². The van der Waals surface area contributed by atoms with E-state index in [1.54, 1.807) is 6.92 Å². The predicted molar refractivity (Wildman–Crippen MR) is 79.9 cm³/mol. The maximum atomic E-state index is 11.8. The molecule has 126 valence electrons. The van der Waals surface area contributed by atoms with Crippen LogP contribution in [0.1, 0.15) is 25.9 Å². The summed E-state index contributed by atoms with van der Waals surface area (Å²) in [6, 6.07) is 0. The van der Waals surface area contributed by atoms with Crippen LogP contribution >= 0.6 is 8.25 Å². The highest BCUT2D eigenvalue weighted by Crippen LogP contribution is 2.37. The molecule has 0 amide bonds. The molecule has 0 aliphatic carbocycles. The number of aromatic nitrogens is 4. The second-order valence-corrected chi connectivity index (χ2v) is 5.61. The molecule has 0 spiro atoms. The molecule has 0 aromatic carbocycles. The third-order valence-electron chi connectivity index (χ3n) is 3.40. The van der Waals surface area contributed by atoms with Crippen LogP contribution < -0.4 is 5.56 Å². The number of fused-ring (bicyclic) bond motifs is 1. The van der Waals surface area contributed by atoms with Crippen molar-refractivity contribution in [3.63, 3.8) is 0 Å². The lowest BCUT2D eigenvalue weighted by Crippen LogP contribution is -2.21. The molecule has 3 N–H and O–H groups in total. The summed E-state index contributed by atoms with van der Waals surface area (Å²) in [6.45, 7) is 1.38. The lowest BCUT2D eigenvalue weighted by Gasteiger charge is -2.16. The van der Waals surface area contributed by atoms with Crippen LogP contribution in [0.4, 0.5) is 0 Å². The molecule has 0 saturated carbocycles. The maximum Gasteiger partial charge on any atom is 0.695 e. The van der Waals surface area contributed by atoms with Crippen molar-refractivity contribution >= 4 is 19.4 Å². The molecule has 3 heterocycles. The largest absolute Gasteiger partial charge is 0.695 e. The highest BCUT2D eigenvalue weighted by molar-refractivity contribution is 7.32. The second-order valence-electron chi connectivity index (χ2n) is 4.92. The van der Waals surface area contributed by atoms with Crippen LogP contribution in [-0.2, 0) is 13.8 Å². The standard InChI is InChI=1S/C11H13N4O6P.CH4/c1-5-13-9-8(10(17)14-5)12-4-15(9)11-7(21-22(18)19)2-6(3-16)20-11;/h4,6-7,11,16H,2-3H2,1H3,(H-,13,14,17,18,19);1H4/p+1/t6-,7?,11+;/m0./s1. The van der Waals surface area contributed by atoms with Gasteiger partial charge in [0.25, 0.3) is 5.56 Å². The SMILES string of the molecule is C.Cc1nc2c(ncn2[C@@H]2O[C@H](CO)CC2O[P+](=O)O)c(=O)[nH]1. The molecule has 3 rings (SSSR count). The van der Waals surface area contributed by atoms with Crippen LogP contribution in [0.2, 0.25) is 0 Å². The third-order valence-corrected chi connectivity index (χ3v) is 3.85. The van der Waals surface area contributed by atoms with Gasteiger partial charge in [0, 0.05) is 11.0 Å². The molecule has 0 radical (unpaired) electrons. The molecule has 1 fully saturated rings. The number of aliphatic hydroxyl groups excluding tert-OH is 1. The molecule has 2 aromatic rings. The Morgan fingerprint density at radius 1 is 1.61 bits per heavy atom. The molecule has 1 saturated heterocycles. The van der Waals surface area contributed by atoms with Gasteiger partial charge in [-0.1, -0.05) is 7.43 Å². The molecule has 10 nitrogen and oxygen atoms in total. The minimum atomic E-state index is -2.83. The van der Waals surface area contributed by atoms with E-state index in [4.69, 9.17) is 14.2 Å². The van der Waals surface area contributed by atoms with Gasteiger partial charge in [-0.25, -0.2) is 9.97 Å². The number of hydrogen-bond acceptors (Lipinski definition) is 7. The first-order chi connectivity index (χ1) is 10.5. The van der Waals surface area contributed by atoms with E-state index >= 15 is 0 Å². The van der Waals surface area contributed by atoms with Crippen LogP contribution in [0, 0.1) is 6.92 Å². The summed E-state index contributed by atoms with van der Waals surface area (Å²) in [6.07, 6.45) is -0.501. The summed E-state index contributed by atoms with van der Waals surface area (Å²) in [5.41, 5.74) is 0.0315. The van der Waals surface area contributed by atoms with E-state index in [9.17, 15) is 14.5 Å². The van der Waals surface area contributed by atoms with Crippen molar-refractivity contribution in [2.45, 2.75) is 39.2 Å². The Balaban J connectivity index is 0.00000192. The number of nitrogens with one attached hydrogen (secondary N) is 1. The van der Waals surface area contributed by atoms with Crippen LogP contribution in [0.3, 0.4) is 0 Å². The van der Waals surface area contributed by atoms with Gasteiger partial charge in [-0.15, -0.1) is 9.42 Å². The first kappa shape index (κ1) is 17.6. The van der Waals surface area contributed by atoms with Gasteiger partial charge >= 0.3 is 8.25 Å². The third kappa shape index (κ3) is 3.31. The number of nitrogens with zero attached hydrogens (tertiary/aromatic N) is 3. The summed E-state index contributed by atoms with van der Waals surface area (Å²) in [4.78, 5) is 31.5. The number of H-pyrrole nitrogens is 1. The summed E-state index contributed by atoms with van der Waals surface area (Å²) in [5.74, 6) is 0.404. The van der Waals surface area contributed by atoms with Crippen molar-refractivity contribution in [2.24, 2.45) is 0 Å². The smallest absolute Gasteiger partial charge is 0.394 e. The zero-order chi connectivity index (χ0) is 15.9. The summed E-state index contributed by atoms with van der Waals surface area (Å²) >= 11 is 0. The summed E-state index contributed by atoms with van der Waals surface area (Å²) < 4.78 is 23.0. The van der Waals surface area contributed by atoms with Crippen molar-refractivity contribution in [2.75, 3.05) is 6.61 Å². The number of aryl methyl sites for hydroxylation is 1. The quantitative estimate of drug-likeness (QED) is 0.676. The lowest BCUT2D eigenvalue weighted by atomic mass is 10.2. The van der Waals surface area contributed by atoms with Gasteiger partial charge in [0.2, 0.25) is 0 Å². The summed E-state index contributed by atoms with van der Waals surface area (Å²) in [5, 5.41) is 9.22. The molecular weight excluding hydrogens is 327 g/mol. The topological polar surface area (TPSA) is 140 Å². The van der Waals surface area contributed by atoms with Gasteiger partial charge in [-0.3, -0.25) is 9.36 Å². The van der Waals surface area contributed by atoms with Crippen molar-refractivity contribution in [3.05, 3.63) is 22.5 Å². The number of rotatable bonds is 4. The highest BCUT2D eigenvalue weighted by Gasteiger charge is 2.43. The Morgan fingerprint density at radius 3 is 3.00 bits per heavy atom. The van der Waals surface area contributed by atoms with Crippen LogP contribution in [-0.4, -0.2) is 48.3 Å². The van der Waals surface area contributed by atoms with Crippen molar-refractivity contribution in [3.8, 4) is 0 Å². The zero-order valence-electron chi connectivity index (χ0n) is 11.5. The molecule has 2 aromatic heterocycles. The average Bonchev–Trinajstić information content (AvgIpc) is 3.01. The fourth-order valence-electron chi connectivity index (χ4n) is 2.51. The minimum Gasteiger partial charge on any atom is -0.394 e. The van der Waals surface area contributed by atoms with Gasteiger partial charge in [-0.05, 0) is 6.92 Å². The molecular formula is C12H18N4O6P+. The van der Waals surface area contributed by atoms with Crippen LogP contribution in [0.15, 0.2) is 11.1 Å². The van der Waals surface area contributed by atoms with E-state index in [0.717, 1.165) is 0 Å². The normalized spacial score (nSPS) is 24.7. The number of aromatic amines is 1. The van der Waals surface area contributed by atoms with Crippen molar-refractivity contribution in [1.29, 1.82) is 0 Å². The van der Waals surface area contributed by atoms with Gasteiger partial charge in [0.05, 0.1) is 19.0 Å². The minimum absolute atomic E-state index is 0. The molecule has 2 unspecified atom stereocenters. The maximum absolute atomic E-state index is 11.8. The zero-order valence-corrected chi connectivity index (χ0v) is 12.4. The molecule has 11 heteroatoms. The van der Waals surface area contributed by atoms with Gasteiger partial charge in [0.15, 0.2) is 23.5 Å². The van der Waals surface area contributed by atoms with Gasteiger partial charge in [-0.2, -0.15) is 0 Å². The molecule has 1 aliphatic rings. The molecule has 1 aliphatic heterocycles. The van der Waals surface area contributed by atoms with E-state index in [0.29, 0.717) is 5.82 Å². The fourth-order valence-corrected chi connectivity index (χ4v) is 2.93. The average molecular weight is 345 g/mol. The molecule has 0 bridgehead atoms. The van der Waals surface area contributed by atoms with E-state index < -0.39 is 26.7 Å². The second kappa shape index (κ2) is 6.81. The first-order valence-electron chi connectivity index (χ1n) is 6.52. The highest BCUT2D eigenvalue weighted by atomic mass is 31.1. The molecule has 4 atom stereocenters. The van der Waals surface area contributed by atoms with E-state index in [-0.39, 0.29) is 37.2 Å². The van der Waals surface area contributed by atoms with E-state index in [1.807, 2.05) is 0 Å². The van der Waals surface area contributed by atoms with E-state index in [2.05, 4.69) is 15.0 Å². The van der Waals surface area contributed by atoms with Crippen molar-refractivity contribution < 1.29 is 23.8 Å². The van der Waals surface area contributed by atoms with E-state index in [1.165, 1.54) is 10.9 Å². The molecule has 23 heavy (non-hydrogen) atoms. The number of imidazole rings is 1. The Morgan fingerprint density at radius 2 is 2.35 bits per heavy atom. The lowest BCUT2D eigenvalue weighted by molar-refractivity contribution is -0.0440. The van der Waals surface area contributed by atoms with Gasteiger partial charge in [0.1, 0.15) is 5.82 Å². The Hall–Kier alpha value is -1.71. The first-order valence-corrected chi connectivity index (χ1v) is 7.65. The van der Waals surface area contributed by atoms with Crippen LogP contribution in [0.5, 0.6) is 0 Å². The number of aliphatic hydroxyl groups is 1. The Kier molecular flexibility index (Phi) is 5.23. The summed E-state index contributed by atoms with van der Waals surface area (Å²) in [7, 11) is -2.83. The Bertz CT molecular complexity index is 774. The van der Waals surface area contributed by atoms with Crippen LogP contribution in [0.25, 0.3) is 11.2 Å². The van der Waals surface area contributed by atoms with Gasteiger partial charge < -0.3 is 14.8 Å². The monoisotopic (exact) mass is 345 g/mol. The Labute approximate surface area is 132 Å². The number of ether oxygens (including phenoxy) is 1.